The van der Waals surface area contributed by atoms with Gasteiger partial charge < -0.3 is 14.8 Å². The normalized spacial score (nSPS) is 10.8. The second-order valence-electron chi connectivity index (χ2n) is 6.64. The fourth-order valence-electron chi connectivity index (χ4n) is 2.64. The number of nitriles is 1. The number of rotatable bonds is 11. The highest BCUT2D eigenvalue weighted by Gasteiger charge is 2.09. The van der Waals surface area contributed by atoms with Crippen LogP contribution in [0.25, 0.3) is 0 Å². The number of benzene rings is 1. The van der Waals surface area contributed by atoms with Crippen molar-refractivity contribution in [2.45, 2.75) is 32.2 Å². The number of aromatic nitrogens is 1. The van der Waals surface area contributed by atoms with Gasteiger partial charge in [0.2, 0.25) is 12.5 Å². The summed E-state index contributed by atoms with van der Waals surface area (Å²) >= 11 is 5.85. The number of hydrogen-bond donors (Lipinski definition) is 2. The molecule has 0 aliphatic rings. The molecule has 0 radical (unpaired) electrons. The van der Waals surface area contributed by atoms with Crippen LogP contribution in [0.2, 0.25) is 5.02 Å². The van der Waals surface area contributed by atoms with E-state index in [2.05, 4.69) is 20.4 Å². The fraction of sp³-hybridized carbons (Fsp3) is 0.364. The highest BCUT2D eigenvalue weighted by molar-refractivity contribution is 6.30. The van der Waals surface area contributed by atoms with Crippen LogP contribution in [0.3, 0.4) is 0 Å². The van der Waals surface area contributed by atoms with Crippen LogP contribution in [0, 0.1) is 11.5 Å². The molecule has 0 saturated carbocycles. The lowest BCUT2D eigenvalue weighted by Crippen LogP contribution is -2.37. The molecule has 1 aromatic carbocycles. The average Bonchev–Trinajstić information content (AvgIpc) is 2.78. The summed E-state index contributed by atoms with van der Waals surface area (Å²) in [6, 6.07) is 10.9. The average molecular weight is 445 g/mol. The minimum atomic E-state index is -0.323. The Morgan fingerprint density at radius 2 is 1.84 bits per heavy atom. The second-order valence-corrected chi connectivity index (χ2v) is 7.08. The summed E-state index contributed by atoms with van der Waals surface area (Å²) < 4.78 is 12.0. The zero-order valence-electron chi connectivity index (χ0n) is 17.5. The molecule has 0 fully saturated rings. The summed E-state index contributed by atoms with van der Waals surface area (Å²) in [5, 5.41) is 15.3. The summed E-state index contributed by atoms with van der Waals surface area (Å²) in [6.45, 7) is 1.40. The first-order valence-electron chi connectivity index (χ1n) is 10.0. The Hall–Kier alpha value is -3.31. The molecule has 2 aromatic rings. The number of esters is 1. The number of aliphatic imine (C=N–C) groups is 1. The fourth-order valence-corrected chi connectivity index (χ4v) is 2.76. The Balaban J connectivity index is 1.66. The van der Waals surface area contributed by atoms with Crippen molar-refractivity contribution in [3.05, 3.63) is 53.8 Å². The highest BCUT2D eigenvalue weighted by atomic mass is 35.5. The standard InChI is InChI=1S/C22H26ClN5O3/c1-30-21(29)16-28-13-10-19(11-14-28)27-22(26-17-24)25-12-4-2-3-5-15-31-20-8-6-18(23)7-9-20/h6-11,13-14H,2-5,12,15-16H2,1H3,(H,25,26)/p+1. The second kappa shape index (κ2) is 13.8. The van der Waals surface area contributed by atoms with Gasteiger partial charge in [-0.1, -0.05) is 18.0 Å². The van der Waals surface area contributed by atoms with Gasteiger partial charge in [-0.25, -0.2) is 4.79 Å². The molecular weight excluding hydrogens is 418 g/mol. The van der Waals surface area contributed by atoms with Crippen molar-refractivity contribution >= 4 is 29.2 Å². The molecular formula is C22H27ClN5O3+. The van der Waals surface area contributed by atoms with Gasteiger partial charge in [-0.2, -0.15) is 9.83 Å². The van der Waals surface area contributed by atoms with Gasteiger partial charge in [0.15, 0.2) is 18.6 Å². The van der Waals surface area contributed by atoms with Crippen molar-refractivity contribution < 1.29 is 18.8 Å². The molecule has 0 atom stereocenters. The number of guanidine groups is 1. The van der Waals surface area contributed by atoms with Gasteiger partial charge in [0, 0.05) is 23.7 Å². The van der Waals surface area contributed by atoms with Gasteiger partial charge in [-0.3, -0.25) is 10.3 Å². The van der Waals surface area contributed by atoms with E-state index in [1.165, 1.54) is 7.11 Å². The SMILES string of the molecule is COC(=O)C[n+]1ccc(NC(=NCCCCCCOc2ccc(Cl)cc2)NC#N)cc1. The van der Waals surface area contributed by atoms with Gasteiger partial charge in [-0.15, -0.1) is 0 Å². The third kappa shape index (κ3) is 9.83. The molecule has 0 saturated heterocycles. The Morgan fingerprint density at radius 3 is 2.52 bits per heavy atom. The Morgan fingerprint density at radius 1 is 1.13 bits per heavy atom. The van der Waals surface area contributed by atoms with E-state index in [4.69, 9.17) is 21.6 Å². The number of nitrogens with zero attached hydrogens (tertiary/aromatic N) is 3. The van der Waals surface area contributed by atoms with Crippen LogP contribution in [0.4, 0.5) is 5.69 Å². The first-order chi connectivity index (χ1) is 15.1. The quantitative estimate of drug-likeness (QED) is 0.105. The summed E-state index contributed by atoms with van der Waals surface area (Å²) in [7, 11) is 1.35. The molecule has 8 nitrogen and oxygen atoms in total. The number of ether oxygens (including phenoxy) is 2. The zero-order valence-corrected chi connectivity index (χ0v) is 18.3. The van der Waals surface area contributed by atoms with Crippen LogP contribution in [0.1, 0.15) is 25.7 Å². The van der Waals surface area contributed by atoms with E-state index < -0.39 is 0 Å². The van der Waals surface area contributed by atoms with Gasteiger partial charge in [-0.05, 0) is 43.5 Å². The third-order valence-corrected chi connectivity index (χ3v) is 4.52. The maximum Gasteiger partial charge on any atom is 0.372 e. The molecule has 0 unspecified atom stereocenters. The predicted octanol–water partition coefficient (Wildman–Crippen LogP) is 3.28. The molecule has 0 aliphatic carbocycles. The van der Waals surface area contributed by atoms with Crippen molar-refractivity contribution in [2.24, 2.45) is 4.99 Å². The van der Waals surface area contributed by atoms with E-state index in [-0.39, 0.29) is 12.5 Å². The van der Waals surface area contributed by atoms with Crippen molar-refractivity contribution in [2.75, 3.05) is 25.6 Å². The molecule has 0 aliphatic heterocycles. The minimum absolute atomic E-state index is 0.138. The predicted molar refractivity (Wildman–Crippen MR) is 119 cm³/mol. The number of carbonyl (C=O) groups excluding carboxylic acids is 1. The van der Waals surface area contributed by atoms with E-state index in [1.54, 1.807) is 29.1 Å². The topological polar surface area (TPSA) is 99.6 Å². The molecule has 1 heterocycles. The van der Waals surface area contributed by atoms with Crippen LogP contribution in [-0.2, 0) is 16.1 Å². The first kappa shape index (κ1) is 24.0. The molecule has 0 bridgehead atoms. The molecule has 31 heavy (non-hydrogen) atoms. The summed E-state index contributed by atoms with van der Waals surface area (Å²) in [5.41, 5.74) is 0.752. The summed E-state index contributed by atoms with van der Waals surface area (Å²) in [4.78, 5) is 15.7. The van der Waals surface area contributed by atoms with Crippen molar-refractivity contribution in [1.29, 1.82) is 5.26 Å². The molecule has 1 aromatic heterocycles. The van der Waals surface area contributed by atoms with Crippen LogP contribution in [0.15, 0.2) is 53.8 Å². The number of methoxy groups -OCH3 is 1. The molecule has 0 spiro atoms. The zero-order chi connectivity index (χ0) is 22.3. The highest BCUT2D eigenvalue weighted by Crippen LogP contribution is 2.16. The van der Waals surface area contributed by atoms with Crippen molar-refractivity contribution in [3.8, 4) is 11.9 Å². The minimum Gasteiger partial charge on any atom is -0.494 e. The van der Waals surface area contributed by atoms with E-state index >= 15 is 0 Å². The van der Waals surface area contributed by atoms with Crippen LogP contribution < -0.4 is 19.9 Å². The molecule has 2 N–H and O–H groups in total. The lowest BCUT2D eigenvalue weighted by Gasteiger charge is -2.08. The number of carbonyl (C=O) groups is 1. The Kier molecular flexibility index (Phi) is 10.7. The Bertz CT molecular complexity index is 880. The van der Waals surface area contributed by atoms with Crippen LogP contribution in [-0.4, -0.2) is 32.2 Å². The number of hydrogen-bond acceptors (Lipinski definition) is 5. The number of nitrogens with one attached hydrogen (secondary N) is 2. The lowest BCUT2D eigenvalue weighted by atomic mass is 10.2. The summed E-state index contributed by atoms with van der Waals surface area (Å²) in [6.07, 6.45) is 9.31. The van der Waals surface area contributed by atoms with Gasteiger partial charge in [0.25, 0.3) is 0 Å². The van der Waals surface area contributed by atoms with Crippen LogP contribution >= 0.6 is 11.6 Å². The maximum atomic E-state index is 11.3. The van der Waals surface area contributed by atoms with E-state index in [9.17, 15) is 4.79 Å². The number of pyridine rings is 1. The summed E-state index contributed by atoms with van der Waals surface area (Å²) in [5.74, 6) is 0.888. The van der Waals surface area contributed by atoms with Crippen molar-refractivity contribution in [3.63, 3.8) is 0 Å². The van der Waals surface area contributed by atoms with Gasteiger partial charge in [0.05, 0.1) is 19.4 Å². The molecule has 164 valence electrons. The smallest absolute Gasteiger partial charge is 0.372 e. The molecule has 9 heteroatoms. The van der Waals surface area contributed by atoms with E-state index in [0.29, 0.717) is 24.1 Å². The van der Waals surface area contributed by atoms with Crippen molar-refractivity contribution in [1.82, 2.24) is 5.32 Å². The van der Waals surface area contributed by atoms with Crippen LogP contribution in [0.5, 0.6) is 5.75 Å². The van der Waals surface area contributed by atoms with E-state index in [1.807, 2.05) is 30.5 Å². The molecule has 2 rings (SSSR count). The largest absolute Gasteiger partial charge is 0.494 e. The van der Waals surface area contributed by atoms with Gasteiger partial charge in [0.1, 0.15) is 5.75 Å². The Labute approximate surface area is 187 Å². The third-order valence-electron chi connectivity index (χ3n) is 4.27. The van der Waals surface area contributed by atoms with Gasteiger partial charge >= 0.3 is 5.97 Å². The number of anilines is 1. The maximum absolute atomic E-state index is 11.3. The lowest BCUT2D eigenvalue weighted by molar-refractivity contribution is -0.685. The first-order valence-corrected chi connectivity index (χ1v) is 10.4. The van der Waals surface area contributed by atoms with E-state index in [0.717, 1.165) is 37.1 Å². The number of unbranched alkanes of at least 4 members (excludes halogenated alkanes) is 3. The monoisotopic (exact) mass is 444 g/mol. The molecule has 0 amide bonds. The number of halogens is 1.